The molecule has 2 amide bonds. The van der Waals surface area contributed by atoms with Gasteiger partial charge in [0.15, 0.2) is 5.76 Å². The number of urea groups is 1. The van der Waals surface area contributed by atoms with Crippen LogP contribution in [0.5, 0.6) is 11.5 Å². The van der Waals surface area contributed by atoms with Crippen molar-refractivity contribution in [1.29, 1.82) is 0 Å². The van der Waals surface area contributed by atoms with Gasteiger partial charge in [-0.15, -0.1) is 0 Å². The van der Waals surface area contributed by atoms with Crippen LogP contribution in [-0.4, -0.2) is 17.1 Å². The SMILES string of the molecule is CC1C=C(c2ccc(Oc3ccc(F)cc3)cc2)ON1C(N)=O. The summed E-state index contributed by atoms with van der Waals surface area (Å²) >= 11 is 0. The molecule has 5 nitrogen and oxygen atoms in total. The third-order valence-corrected chi connectivity index (χ3v) is 3.36. The van der Waals surface area contributed by atoms with Crippen LogP contribution in [0.1, 0.15) is 12.5 Å². The molecule has 2 aromatic rings. The molecule has 0 saturated heterocycles. The highest BCUT2D eigenvalue weighted by Gasteiger charge is 2.27. The summed E-state index contributed by atoms with van der Waals surface area (Å²) in [5, 5.41) is 1.11. The van der Waals surface area contributed by atoms with Crippen molar-refractivity contribution in [2.24, 2.45) is 5.73 Å². The van der Waals surface area contributed by atoms with E-state index >= 15 is 0 Å². The first kappa shape index (κ1) is 14.9. The molecule has 0 spiro atoms. The van der Waals surface area contributed by atoms with Crippen molar-refractivity contribution in [3.8, 4) is 11.5 Å². The smallest absolute Gasteiger partial charge is 0.348 e. The fourth-order valence-corrected chi connectivity index (χ4v) is 2.23. The van der Waals surface area contributed by atoms with Crippen LogP contribution in [-0.2, 0) is 4.84 Å². The number of nitrogens with two attached hydrogens (primary N) is 1. The Morgan fingerprint density at radius 2 is 1.70 bits per heavy atom. The molecule has 0 saturated carbocycles. The lowest BCUT2D eigenvalue weighted by Gasteiger charge is -2.17. The number of benzene rings is 2. The number of nitrogens with zero attached hydrogens (tertiary/aromatic N) is 1. The van der Waals surface area contributed by atoms with Crippen LogP contribution in [0.2, 0.25) is 0 Å². The van der Waals surface area contributed by atoms with Gasteiger partial charge in [0.2, 0.25) is 0 Å². The second-order valence-electron chi connectivity index (χ2n) is 5.11. The van der Waals surface area contributed by atoms with E-state index in [0.29, 0.717) is 17.3 Å². The number of primary amides is 1. The monoisotopic (exact) mass is 314 g/mol. The Morgan fingerprint density at radius 3 is 2.22 bits per heavy atom. The van der Waals surface area contributed by atoms with Gasteiger partial charge in [-0.25, -0.2) is 9.18 Å². The number of carbonyl (C=O) groups excluding carboxylic acids is 1. The van der Waals surface area contributed by atoms with E-state index in [0.717, 1.165) is 10.6 Å². The lowest BCUT2D eigenvalue weighted by Crippen LogP contribution is -2.37. The number of rotatable bonds is 3. The molecule has 0 fully saturated rings. The fraction of sp³-hybridized carbons (Fsp3) is 0.118. The third-order valence-electron chi connectivity index (χ3n) is 3.36. The highest BCUT2D eigenvalue weighted by molar-refractivity contribution is 5.75. The molecule has 23 heavy (non-hydrogen) atoms. The maximum atomic E-state index is 12.9. The minimum atomic E-state index is -0.639. The summed E-state index contributed by atoms with van der Waals surface area (Å²) in [4.78, 5) is 16.6. The molecule has 0 aromatic heterocycles. The molecule has 2 N–H and O–H groups in total. The lowest BCUT2D eigenvalue weighted by molar-refractivity contribution is -0.0355. The summed E-state index contributed by atoms with van der Waals surface area (Å²) in [6.07, 6.45) is 1.81. The van der Waals surface area contributed by atoms with Crippen LogP contribution >= 0.6 is 0 Å². The Labute approximate surface area is 132 Å². The Bertz CT molecular complexity index is 741. The second kappa shape index (κ2) is 6.00. The molecule has 1 atom stereocenters. The predicted molar refractivity (Wildman–Crippen MR) is 82.9 cm³/mol. The van der Waals surface area contributed by atoms with E-state index in [4.69, 9.17) is 15.3 Å². The van der Waals surface area contributed by atoms with E-state index in [-0.39, 0.29) is 11.9 Å². The van der Waals surface area contributed by atoms with Gasteiger partial charge in [0.05, 0.1) is 6.04 Å². The van der Waals surface area contributed by atoms with Gasteiger partial charge in [-0.1, -0.05) is 0 Å². The van der Waals surface area contributed by atoms with Gasteiger partial charge in [0.1, 0.15) is 17.3 Å². The Morgan fingerprint density at radius 1 is 1.13 bits per heavy atom. The molecule has 0 bridgehead atoms. The maximum Gasteiger partial charge on any atom is 0.348 e. The van der Waals surface area contributed by atoms with Crippen LogP contribution in [0.4, 0.5) is 9.18 Å². The average molecular weight is 314 g/mol. The van der Waals surface area contributed by atoms with E-state index in [2.05, 4.69) is 0 Å². The molecule has 0 aliphatic carbocycles. The van der Waals surface area contributed by atoms with E-state index < -0.39 is 6.03 Å². The van der Waals surface area contributed by atoms with E-state index in [1.165, 1.54) is 12.1 Å². The van der Waals surface area contributed by atoms with E-state index in [1.807, 2.05) is 19.1 Å². The fourth-order valence-electron chi connectivity index (χ4n) is 2.23. The summed E-state index contributed by atoms with van der Waals surface area (Å²) in [7, 11) is 0. The summed E-state index contributed by atoms with van der Waals surface area (Å²) < 4.78 is 18.5. The molecule has 2 aromatic carbocycles. The molecular weight excluding hydrogens is 299 g/mol. The minimum Gasteiger partial charge on any atom is -0.457 e. The zero-order chi connectivity index (χ0) is 16.4. The van der Waals surface area contributed by atoms with Gasteiger partial charge in [-0.2, -0.15) is 5.06 Å². The van der Waals surface area contributed by atoms with Gasteiger partial charge >= 0.3 is 6.03 Å². The first-order chi connectivity index (χ1) is 11.0. The number of ether oxygens (including phenoxy) is 1. The molecule has 1 aliphatic rings. The van der Waals surface area contributed by atoms with Crippen LogP contribution in [0, 0.1) is 5.82 Å². The molecule has 6 heteroatoms. The van der Waals surface area contributed by atoms with Crippen LogP contribution in [0.15, 0.2) is 54.6 Å². The Balaban J connectivity index is 1.71. The minimum absolute atomic E-state index is 0.224. The van der Waals surface area contributed by atoms with Gasteiger partial charge in [-0.3, -0.25) is 0 Å². The van der Waals surface area contributed by atoms with Crippen LogP contribution < -0.4 is 10.5 Å². The molecular formula is C17H15FN2O3. The lowest BCUT2D eigenvalue weighted by atomic mass is 10.1. The Hall–Kier alpha value is -3.02. The standard InChI is InChI=1S/C17H15FN2O3/c1-11-10-16(23-20(11)17(19)21)12-2-6-14(7-3-12)22-15-8-4-13(18)5-9-15/h2-11H,1H3,(H2,19,21). The van der Waals surface area contributed by atoms with Crippen molar-refractivity contribution < 1.29 is 18.8 Å². The summed E-state index contributed by atoms with van der Waals surface area (Å²) in [5.41, 5.74) is 6.03. The number of hydrogen-bond donors (Lipinski definition) is 1. The predicted octanol–water partition coefficient (Wildman–Crippen LogP) is 3.67. The number of hydroxylamine groups is 2. The van der Waals surface area contributed by atoms with Crippen molar-refractivity contribution in [3.63, 3.8) is 0 Å². The normalized spacial score (nSPS) is 16.7. The molecule has 1 heterocycles. The van der Waals surface area contributed by atoms with Crippen molar-refractivity contribution in [2.75, 3.05) is 0 Å². The topological polar surface area (TPSA) is 64.8 Å². The molecule has 1 unspecified atom stereocenters. The van der Waals surface area contributed by atoms with E-state index in [9.17, 15) is 9.18 Å². The zero-order valence-corrected chi connectivity index (χ0v) is 12.4. The van der Waals surface area contributed by atoms with Crippen molar-refractivity contribution >= 4 is 11.8 Å². The van der Waals surface area contributed by atoms with Gasteiger partial charge in [0.25, 0.3) is 0 Å². The second-order valence-corrected chi connectivity index (χ2v) is 5.11. The third kappa shape index (κ3) is 3.26. The van der Waals surface area contributed by atoms with Crippen LogP contribution in [0.3, 0.4) is 0 Å². The first-order valence-electron chi connectivity index (χ1n) is 7.05. The number of halogens is 1. The summed E-state index contributed by atoms with van der Waals surface area (Å²) in [5.74, 6) is 1.40. The zero-order valence-electron chi connectivity index (χ0n) is 12.4. The van der Waals surface area contributed by atoms with Gasteiger partial charge in [-0.05, 0) is 61.5 Å². The number of amides is 2. The molecule has 1 aliphatic heterocycles. The maximum absolute atomic E-state index is 12.9. The molecule has 3 rings (SSSR count). The van der Waals surface area contributed by atoms with E-state index in [1.54, 1.807) is 30.3 Å². The van der Waals surface area contributed by atoms with Crippen molar-refractivity contribution in [1.82, 2.24) is 5.06 Å². The van der Waals surface area contributed by atoms with Gasteiger partial charge < -0.3 is 15.3 Å². The van der Waals surface area contributed by atoms with Crippen molar-refractivity contribution in [3.05, 3.63) is 66.0 Å². The van der Waals surface area contributed by atoms with Gasteiger partial charge in [0, 0.05) is 5.56 Å². The highest BCUT2D eigenvalue weighted by atomic mass is 19.1. The highest BCUT2D eigenvalue weighted by Crippen LogP contribution is 2.29. The average Bonchev–Trinajstić information content (AvgIpc) is 2.92. The number of carbonyl (C=O) groups is 1. The van der Waals surface area contributed by atoms with Crippen LogP contribution in [0.25, 0.3) is 5.76 Å². The largest absolute Gasteiger partial charge is 0.457 e. The summed E-state index contributed by atoms with van der Waals surface area (Å²) in [6, 6.07) is 12.1. The quantitative estimate of drug-likeness (QED) is 0.940. The molecule has 118 valence electrons. The van der Waals surface area contributed by atoms with Crippen molar-refractivity contribution in [2.45, 2.75) is 13.0 Å². The summed E-state index contributed by atoms with van der Waals surface area (Å²) in [6.45, 7) is 1.81. The first-order valence-corrected chi connectivity index (χ1v) is 7.05. The Kier molecular flexibility index (Phi) is 3.89. The number of hydrogen-bond acceptors (Lipinski definition) is 3. The molecule has 0 radical (unpaired) electrons.